The lowest BCUT2D eigenvalue weighted by Crippen LogP contribution is -2.15. The Hall–Kier alpha value is -2.48. The molecule has 0 aliphatic heterocycles. The molecule has 2 rings (SSSR count). The molecular formula is C11H13N5O2S. The molecule has 1 aromatic carbocycles. The van der Waals surface area contributed by atoms with Gasteiger partial charge < -0.3 is 17.2 Å². The van der Waals surface area contributed by atoms with Crippen LogP contribution in [-0.2, 0) is 10.0 Å². The van der Waals surface area contributed by atoms with E-state index in [4.69, 9.17) is 17.2 Å². The summed E-state index contributed by atoms with van der Waals surface area (Å²) in [6.45, 7) is 0. The average Bonchev–Trinajstić information content (AvgIpc) is 2.26. The van der Waals surface area contributed by atoms with Crippen LogP contribution in [0, 0.1) is 0 Å². The zero-order valence-electron chi connectivity index (χ0n) is 9.87. The molecule has 0 spiro atoms. The van der Waals surface area contributed by atoms with E-state index in [-0.39, 0.29) is 27.9 Å². The Kier molecular flexibility index (Phi) is 3.17. The van der Waals surface area contributed by atoms with Gasteiger partial charge in [-0.05, 0) is 30.3 Å². The van der Waals surface area contributed by atoms with E-state index in [1.165, 1.54) is 24.3 Å². The van der Waals surface area contributed by atoms with Gasteiger partial charge in [0.25, 0.3) is 10.0 Å². The Morgan fingerprint density at radius 2 is 1.63 bits per heavy atom. The molecule has 1 aromatic heterocycles. The first-order valence-electron chi connectivity index (χ1n) is 5.28. The Balaban J connectivity index is 2.37. The molecule has 0 radical (unpaired) electrons. The third-order valence-corrected chi connectivity index (χ3v) is 3.61. The van der Waals surface area contributed by atoms with E-state index in [9.17, 15) is 8.42 Å². The highest BCUT2D eigenvalue weighted by Gasteiger charge is 2.16. The normalized spacial score (nSPS) is 11.2. The topological polar surface area (TPSA) is 137 Å². The van der Waals surface area contributed by atoms with Crippen molar-refractivity contribution < 1.29 is 8.42 Å². The highest BCUT2D eigenvalue weighted by molar-refractivity contribution is 7.92. The van der Waals surface area contributed by atoms with Crippen molar-refractivity contribution in [2.24, 2.45) is 0 Å². The fourth-order valence-electron chi connectivity index (χ4n) is 1.51. The second-order valence-electron chi connectivity index (χ2n) is 3.89. The molecule has 0 bridgehead atoms. The molecule has 0 amide bonds. The van der Waals surface area contributed by atoms with Crippen LogP contribution in [0.15, 0.2) is 41.3 Å². The quantitative estimate of drug-likeness (QED) is 0.608. The number of nitrogens with zero attached hydrogens (tertiary/aromatic N) is 1. The van der Waals surface area contributed by atoms with Gasteiger partial charge in [-0.3, -0.25) is 4.72 Å². The lowest BCUT2D eigenvalue weighted by Gasteiger charge is -2.09. The van der Waals surface area contributed by atoms with Crippen LogP contribution in [0.4, 0.5) is 23.0 Å². The van der Waals surface area contributed by atoms with Crippen molar-refractivity contribution in [1.29, 1.82) is 0 Å². The monoisotopic (exact) mass is 279 g/mol. The van der Waals surface area contributed by atoms with Crippen molar-refractivity contribution in [3.05, 3.63) is 36.4 Å². The summed E-state index contributed by atoms with van der Waals surface area (Å²) in [5.41, 5.74) is 17.1. The molecule has 100 valence electrons. The Morgan fingerprint density at radius 3 is 2.21 bits per heavy atom. The minimum absolute atomic E-state index is 0.0331. The zero-order chi connectivity index (χ0) is 14.0. The van der Waals surface area contributed by atoms with Gasteiger partial charge >= 0.3 is 0 Å². The second kappa shape index (κ2) is 4.65. The van der Waals surface area contributed by atoms with Crippen LogP contribution in [0.5, 0.6) is 0 Å². The summed E-state index contributed by atoms with van der Waals surface area (Å²) in [7, 11) is -3.80. The fraction of sp³-hybridized carbons (Fsp3) is 0. The van der Waals surface area contributed by atoms with Gasteiger partial charge in [0, 0.05) is 11.4 Å². The third-order valence-electron chi connectivity index (χ3n) is 2.27. The minimum atomic E-state index is -3.80. The number of nitrogens with one attached hydrogen (secondary N) is 1. The zero-order valence-corrected chi connectivity index (χ0v) is 10.7. The first-order valence-corrected chi connectivity index (χ1v) is 6.76. The summed E-state index contributed by atoms with van der Waals surface area (Å²) in [6.07, 6.45) is 0. The van der Waals surface area contributed by atoms with E-state index < -0.39 is 10.0 Å². The summed E-state index contributed by atoms with van der Waals surface area (Å²) in [5.74, 6) is 0.341. The van der Waals surface area contributed by atoms with Gasteiger partial charge in [-0.25, -0.2) is 13.4 Å². The fourth-order valence-corrected chi connectivity index (χ4v) is 2.60. The van der Waals surface area contributed by atoms with Crippen molar-refractivity contribution in [3.8, 4) is 0 Å². The number of sulfonamides is 1. The minimum Gasteiger partial charge on any atom is -0.399 e. The van der Waals surface area contributed by atoms with Gasteiger partial charge in [0.05, 0.1) is 4.90 Å². The van der Waals surface area contributed by atoms with E-state index in [0.29, 0.717) is 0 Å². The van der Waals surface area contributed by atoms with Gasteiger partial charge in [0.1, 0.15) is 11.6 Å². The van der Waals surface area contributed by atoms with E-state index in [0.717, 1.165) is 0 Å². The lowest BCUT2D eigenvalue weighted by molar-refractivity contribution is 0.601. The van der Waals surface area contributed by atoms with Crippen molar-refractivity contribution in [2.45, 2.75) is 4.90 Å². The smallest absolute Gasteiger partial charge is 0.263 e. The third kappa shape index (κ3) is 3.05. The highest BCUT2D eigenvalue weighted by Crippen LogP contribution is 2.20. The number of aromatic nitrogens is 1. The van der Waals surface area contributed by atoms with Crippen molar-refractivity contribution >= 4 is 33.0 Å². The van der Waals surface area contributed by atoms with Crippen molar-refractivity contribution in [3.63, 3.8) is 0 Å². The van der Waals surface area contributed by atoms with Crippen LogP contribution in [0.25, 0.3) is 0 Å². The average molecular weight is 279 g/mol. The van der Waals surface area contributed by atoms with Gasteiger partial charge in [-0.2, -0.15) is 0 Å². The number of rotatable bonds is 3. The molecule has 7 nitrogen and oxygen atoms in total. The molecule has 0 atom stereocenters. The molecule has 0 aliphatic rings. The number of anilines is 4. The van der Waals surface area contributed by atoms with Crippen LogP contribution in [-0.4, -0.2) is 13.4 Å². The van der Waals surface area contributed by atoms with Crippen LogP contribution in [0.1, 0.15) is 0 Å². The first kappa shape index (κ1) is 13.0. The number of nitrogen functional groups attached to an aromatic ring is 3. The molecule has 0 unspecified atom stereocenters. The molecule has 1 heterocycles. The number of nitrogens with two attached hydrogens (primary N) is 3. The Bertz CT molecular complexity index is 695. The number of pyridine rings is 1. The standard InChI is InChI=1S/C11H13N5O2S/c12-7-4-8(13)6-9(5-7)19(17,18)16-11-3-1-2-10(14)15-11/h1-6H,12-13H2,(H3,14,15,16). The Labute approximate surface area is 110 Å². The van der Waals surface area contributed by atoms with Crippen LogP contribution < -0.4 is 21.9 Å². The summed E-state index contributed by atoms with van der Waals surface area (Å²) in [5, 5.41) is 0. The van der Waals surface area contributed by atoms with Gasteiger partial charge in [0.2, 0.25) is 0 Å². The molecular weight excluding hydrogens is 266 g/mol. The molecule has 2 aromatic rings. The van der Waals surface area contributed by atoms with Crippen LogP contribution in [0.2, 0.25) is 0 Å². The predicted octanol–water partition coefficient (Wildman–Crippen LogP) is 0.629. The SMILES string of the molecule is Nc1cc(N)cc(S(=O)(=O)Nc2cccc(N)n2)c1. The van der Waals surface area contributed by atoms with Gasteiger partial charge in [-0.15, -0.1) is 0 Å². The maximum Gasteiger partial charge on any atom is 0.263 e. The van der Waals surface area contributed by atoms with Crippen LogP contribution >= 0.6 is 0 Å². The maximum atomic E-state index is 12.1. The van der Waals surface area contributed by atoms with E-state index in [1.807, 2.05) is 0 Å². The molecule has 7 N–H and O–H groups in total. The lowest BCUT2D eigenvalue weighted by atomic mass is 10.3. The summed E-state index contributed by atoms with van der Waals surface area (Å²) in [4.78, 5) is 3.82. The van der Waals surface area contributed by atoms with Crippen molar-refractivity contribution in [1.82, 2.24) is 4.98 Å². The largest absolute Gasteiger partial charge is 0.399 e. The van der Waals surface area contributed by atoms with Crippen LogP contribution in [0.3, 0.4) is 0 Å². The molecule has 8 heteroatoms. The number of benzene rings is 1. The Morgan fingerprint density at radius 1 is 1.00 bits per heavy atom. The molecule has 0 fully saturated rings. The van der Waals surface area contributed by atoms with E-state index in [2.05, 4.69) is 9.71 Å². The highest BCUT2D eigenvalue weighted by atomic mass is 32.2. The summed E-state index contributed by atoms with van der Waals surface area (Å²) in [6, 6.07) is 8.72. The van der Waals surface area contributed by atoms with E-state index in [1.54, 1.807) is 12.1 Å². The number of hydrogen-bond donors (Lipinski definition) is 4. The van der Waals surface area contributed by atoms with Crippen molar-refractivity contribution in [2.75, 3.05) is 21.9 Å². The van der Waals surface area contributed by atoms with Gasteiger partial charge in [0.15, 0.2) is 0 Å². The molecule has 0 saturated heterocycles. The van der Waals surface area contributed by atoms with Gasteiger partial charge in [-0.1, -0.05) is 6.07 Å². The summed E-state index contributed by atoms with van der Waals surface area (Å²) < 4.78 is 26.5. The van der Waals surface area contributed by atoms with E-state index >= 15 is 0 Å². The number of hydrogen-bond acceptors (Lipinski definition) is 6. The second-order valence-corrected chi connectivity index (χ2v) is 5.57. The molecule has 19 heavy (non-hydrogen) atoms. The predicted molar refractivity (Wildman–Crippen MR) is 74.7 cm³/mol. The molecule has 0 saturated carbocycles. The molecule has 0 aliphatic carbocycles. The summed E-state index contributed by atoms with van der Waals surface area (Å²) >= 11 is 0. The first-order chi connectivity index (χ1) is 8.87. The maximum absolute atomic E-state index is 12.1.